The number of rotatable bonds is 3. The van der Waals surface area contributed by atoms with Crippen molar-refractivity contribution in [3.63, 3.8) is 0 Å². The average Bonchev–Trinajstić information content (AvgIpc) is 2.89. The second-order valence-electron chi connectivity index (χ2n) is 7.05. The maximum Gasteiger partial charge on any atom is 0.491 e. The molecular weight excluding hydrogens is 325 g/mol. The van der Waals surface area contributed by atoms with Crippen LogP contribution in [-0.2, 0) is 14.1 Å². The zero-order valence-electron chi connectivity index (χ0n) is 14.2. The summed E-state index contributed by atoms with van der Waals surface area (Å²) in [6.07, 6.45) is 1.92. The van der Waals surface area contributed by atoms with E-state index in [0.29, 0.717) is 17.0 Å². The minimum absolute atomic E-state index is 0.403. The molecule has 0 atom stereocenters. The van der Waals surface area contributed by atoms with Crippen molar-refractivity contribution in [2.24, 2.45) is 0 Å². The van der Waals surface area contributed by atoms with Crippen molar-refractivity contribution < 1.29 is 18.9 Å². The first-order chi connectivity index (χ1) is 11.1. The second-order valence-corrected chi connectivity index (χ2v) is 7.37. The quantitative estimate of drug-likeness (QED) is 0.502. The smallest absolute Gasteiger partial charge is 0.400 e. The summed E-state index contributed by atoms with van der Waals surface area (Å²) in [5.74, 6) is -0.619. The molecule has 2 heterocycles. The molecule has 24 heavy (non-hydrogen) atoms. The molecule has 1 aromatic rings. The van der Waals surface area contributed by atoms with Crippen molar-refractivity contribution in [2.45, 2.75) is 38.9 Å². The Bertz CT molecular complexity index is 741. The van der Waals surface area contributed by atoms with Gasteiger partial charge in [-0.15, -0.1) is 0 Å². The van der Waals surface area contributed by atoms with Crippen LogP contribution < -0.4 is 5.32 Å². The Morgan fingerprint density at radius 1 is 1.21 bits per heavy atom. The Hall–Kier alpha value is -1.57. The van der Waals surface area contributed by atoms with E-state index in [4.69, 9.17) is 9.31 Å². The van der Waals surface area contributed by atoms with Gasteiger partial charge in [0.15, 0.2) is 0 Å². The van der Waals surface area contributed by atoms with E-state index < -0.39 is 30.0 Å². The van der Waals surface area contributed by atoms with Crippen molar-refractivity contribution in [1.29, 1.82) is 0 Å². The van der Waals surface area contributed by atoms with Gasteiger partial charge in [-0.1, -0.05) is 12.1 Å². The largest absolute Gasteiger partial charge is 0.491 e. The summed E-state index contributed by atoms with van der Waals surface area (Å²) in [6, 6.07) is 5.22. The Morgan fingerprint density at radius 2 is 1.83 bits per heavy atom. The fourth-order valence-corrected chi connectivity index (χ4v) is 2.89. The van der Waals surface area contributed by atoms with E-state index in [1.54, 1.807) is 18.2 Å². The summed E-state index contributed by atoms with van der Waals surface area (Å²) in [4.78, 5) is 23.1. The molecule has 0 saturated carbocycles. The highest BCUT2D eigenvalue weighted by atomic mass is 32.1. The number of hydrogen-bond acceptors (Lipinski definition) is 5. The normalized spacial score (nSPS) is 21.9. The first kappa shape index (κ1) is 17.3. The van der Waals surface area contributed by atoms with Crippen LogP contribution in [0.5, 0.6) is 0 Å². The zero-order valence-corrected chi connectivity index (χ0v) is 15.1. The summed E-state index contributed by atoms with van der Waals surface area (Å²) in [5, 5.41) is 2.58. The Labute approximate surface area is 147 Å². The first-order valence-electron chi connectivity index (χ1n) is 7.81. The van der Waals surface area contributed by atoms with Crippen molar-refractivity contribution in [3.05, 3.63) is 34.8 Å². The maximum atomic E-state index is 11.7. The van der Waals surface area contributed by atoms with E-state index in [0.717, 1.165) is 11.0 Å². The summed E-state index contributed by atoms with van der Waals surface area (Å²) in [6.45, 7) is 8.00. The molecule has 0 spiro atoms. The van der Waals surface area contributed by atoms with E-state index in [9.17, 15) is 9.59 Å². The number of carbonyl (C=O) groups excluding carboxylic acids is 2. The number of hydrogen-bond donors (Lipinski definition) is 2. The molecule has 0 bridgehead atoms. The molecule has 2 aliphatic rings. The van der Waals surface area contributed by atoms with Gasteiger partial charge in [-0.25, -0.2) is 0 Å². The van der Waals surface area contributed by atoms with Crippen LogP contribution in [0.25, 0.3) is 6.08 Å². The first-order valence-corrected chi connectivity index (χ1v) is 8.44. The van der Waals surface area contributed by atoms with E-state index in [-0.39, 0.29) is 0 Å². The van der Waals surface area contributed by atoms with Crippen LogP contribution in [0.2, 0.25) is 0 Å². The van der Waals surface area contributed by atoms with Crippen molar-refractivity contribution in [3.8, 4) is 0 Å². The van der Waals surface area contributed by atoms with Crippen LogP contribution >= 0.6 is 12.6 Å². The van der Waals surface area contributed by atoms with Gasteiger partial charge in [0.1, 0.15) is 0 Å². The van der Waals surface area contributed by atoms with Crippen LogP contribution in [0.15, 0.2) is 23.7 Å². The number of Topliss-reactive ketones (excluding diaryl/α,β-unsaturated/α-hetero) is 1. The Balaban J connectivity index is 1.89. The van der Waals surface area contributed by atoms with Gasteiger partial charge in [0.25, 0.3) is 11.7 Å². The van der Waals surface area contributed by atoms with Gasteiger partial charge < -0.3 is 14.6 Å². The highest BCUT2D eigenvalue weighted by Crippen LogP contribution is 2.39. The fraction of sp³-hybridized carbons (Fsp3) is 0.412. The lowest BCUT2D eigenvalue weighted by molar-refractivity contribution is -0.112. The topological polar surface area (TPSA) is 64.6 Å². The number of carbonyl (C=O) groups is 2. The molecule has 5 nitrogen and oxygen atoms in total. The number of nitrogens with one attached hydrogen (secondary N) is 1. The van der Waals surface area contributed by atoms with Gasteiger partial charge in [-0.05, 0) is 50.9 Å². The molecule has 1 N–H and O–H groups in total. The van der Waals surface area contributed by atoms with E-state index in [1.807, 2.05) is 33.8 Å². The molecule has 1 fully saturated rings. The lowest BCUT2D eigenvalue weighted by Gasteiger charge is -2.32. The summed E-state index contributed by atoms with van der Waals surface area (Å²) in [7, 11) is -0.475. The minimum atomic E-state index is -0.591. The minimum Gasteiger partial charge on any atom is -0.400 e. The fourth-order valence-electron chi connectivity index (χ4n) is 2.65. The van der Waals surface area contributed by atoms with Gasteiger partial charge in [-0.2, -0.15) is 12.6 Å². The van der Waals surface area contributed by atoms with Gasteiger partial charge in [0, 0.05) is 5.75 Å². The molecule has 0 unspecified atom stereocenters. The number of benzene rings is 1. The van der Waals surface area contributed by atoms with Crippen molar-refractivity contribution >= 4 is 43.2 Å². The predicted molar refractivity (Wildman–Crippen MR) is 97.3 cm³/mol. The molecule has 1 aromatic carbocycles. The van der Waals surface area contributed by atoms with Gasteiger partial charge in [0.2, 0.25) is 0 Å². The second kappa shape index (κ2) is 5.76. The zero-order chi connectivity index (χ0) is 17.7. The molecular formula is C17H20BNO4S. The molecule has 2 aliphatic heterocycles. The van der Waals surface area contributed by atoms with Crippen LogP contribution in [-0.4, -0.2) is 35.8 Å². The lowest BCUT2D eigenvalue weighted by atomic mass is 9.78. The summed E-state index contributed by atoms with van der Waals surface area (Å²) < 4.78 is 12.1. The van der Waals surface area contributed by atoms with Crippen molar-refractivity contribution in [2.75, 3.05) is 11.1 Å². The standard InChI is InChI=1S/C17H20BNO4S/c1-16(2)17(3,4)23-18(22-16)11(9-24)7-10-5-6-12-13(8-10)19-15(21)14(12)20/h5-8,24H,9H2,1-4H3,(H,19,20,21). The third-order valence-corrected chi connectivity index (χ3v) is 5.20. The van der Waals surface area contributed by atoms with E-state index in [1.165, 1.54) is 0 Å². The van der Waals surface area contributed by atoms with Gasteiger partial charge in [0.05, 0.1) is 22.5 Å². The number of ketones is 1. The average molecular weight is 345 g/mol. The molecule has 0 aromatic heterocycles. The van der Waals surface area contributed by atoms with Gasteiger partial charge >= 0.3 is 7.12 Å². The molecule has 1 amide bonds. The molecule has 7 heteroatoms. The predicted octanol–water partition coefficient (Wildman–Crippen LogP) is 2.77. The van der Waals surface area contributed by atoms with E-state index in [2.05, 4.69) is 17.9 Å². The number of amides is 1. The highest BCUT2D eigenvalue weighted by molar-refractivity contribution is 7.80. The molecule has 0 radical (unpaired) electrons. The summed E-state index contributed by atoms with van der Waals surface area (Å²) >= 11 is 4.39. The number of fused-ring (bicyclic) bond motifs is 1. The Kier molecular flexibility index (Phi) is 4.14. The third-order valence-electron chi connectivity index (χ3n) is 4.83. The lowest BCUT2D eigenvalue weighted by Crippen LogP contribution is -2.41. The third kappa shape index (κ3) is 2.81. The van der Waals surface area contributed by atoms with E-state index >= 15 is 0 Å². The van der Waals surface area contributed by atoms with Crippen LogP contribution in [0, 0.1) is 0 Å². The number of anilines is 1. The van der Waals surface area contributed by atoms with Crippen LogP contribution in [0.4, 0.5) is 5.69 Å². The van der Waals surface area contributed by atoms with Crippen molar-refractivity contribution in [1.82, 2.24) is 0 Å². The highest BCUT2D eigenvalue weighted by Gasteiger charge is 2.52. The van der Waals surface area contributed by atoms with Gasteiger partial charge in [-0.3, -0.25) is 9.59 Å². The summed E-state index contributed by atoms with van der Waals surface area (Å²) in [5.41, 5.74) is 1.83. The van der Waals surface area contributed by atoms with Crippen LogP contribution in [0.3, 0.4) is 0 Å². The molecule has 1 saturated heterocycles. The monoisotopic (exact) mass is 345 g/mol. The SMILES string of the molecule is CC1(C)OB(C(=Cc2ccc3c(c2)NC(=O)C3=O)CS)OC1(C)C. The molecule has 3 rings (SSSR count). The molecule has 0 aliphatic carbocycles. The molecule has 126 valence electrons. The maximum absolute atomic E-state index is 11.7. The number of thiol groups is 1. The van der Waals surface area contributed by atoms with Crippen LogP contribution in [0.1, 0.15) is 43.6 Å². The Morgan fingerprint density at radius 3 is 2.42 bits per heavy atom.